The second kappa shape index (κ2) is 7.43. The lowest BCUT2D eigenvalue weighted by Gasteiger charge is -2.18. The van der Waals surface area contributed by atoms with Gasteiger partial charge in [-0.15, -0.1) is 0 Å². The molecule has 0 radical (unpaired) electrons. The van der Waals surface area contributed by atoms with Crippen LogP contribution in [0, 0.1) is 6.92 Å². The van der Waals surface area contributed by atoms with Crippen molar-refractivity contribution in [2.24, 2.45) is 0 Å². The molecule has 0 aliphatic carbocycles. The maximum atomic E-state index is 12.4. The molecular weight excluding hydrogens is 330 g/mol. The number of rotatable bonds is 5. The zero-order chi connectivity index (χ0) is 17.8. The fraction of sp³-hybridized carbons (Fsp3) is 0.533. The number of aromatic nitrogens is 4. The Kier molecular flexibility index (Phi) is 5.08. The molecule has 1 aliphatic rings. The van der Waals surface area contributed by atoms with E-state index in [2.05, 4.69) is 15.1 Å². The van der Waals surface area contributed by atoms with Crippen molar-refractivity contribution in [2.75, 3.05) is 26.9 Å². The van der Waals surface area contributed by atoms with Crippen LogP contribution in [0.15, 0.2) is 15.6 Å². The van der Waals surface area contributed by atoms with Crippen molar-refractivity contribution in [2.45, 2.75) is 26.4 Å². The zero-order valence-corrected chi connectivity index (χ0v) is 14.1. The standard InChI is InChI=1S/C15H19N5O5/c1-10-17-12(25-18-10)7-13(21)19-4-6-24-14-11(8-19)16-9-20(15(14)22)3-5-23-2/h9H,3-8H2,1-2H3. The molecule has 10 nitrogen and oxygen atoms in total. The number of carbonyl (C=O) groups is 1. The van der Waals surface area contributed by atoms with Crippen LogP contribution in [0.2, 0.25) is 0 Å². The lowest BCUT2D eigenvalue weighted by Crippen LogP contribution is -2.34. The van der Waals surface area contributed by atoms with Gasteiger partial charge in [-0.05, 0) is 6.92 Å². The topological polar surface area (TPSA) is 113 Å². The maximum absolute atomic E-state index is 12.4. The van der Waals surface area contributed by atoms with Crippen LogP contribution in [0.4, 0.5) is 0 Å². The number of nitrogens with zero attached hydrogens (tertiary/aromatic N) is 5. The fourth-order valence-electron chi connectivity index (χ4n) is 2.49. The van der Waals surface area contributed by atoms with Gasteiger partial charge in [-0.1, -0.05) is 5.16 Å². The van der Waals surface area contributed by atoms with E-state index in [0.717, 1.165) is 0 Å². The van der Waals surface area contributed by atoms with E-state index in [4.69, 9.17) is 14.0 Å². The number of aryl methyl sites for hydroxylation is 1. The highest BCUT2D eigenvalue weighted by atomic mass is 16.5. The molecule has 0 atom stereocenters. The summed E-state index contributed by atoms with van der Waals surface area (Å²) in [6.45, 7) is 3.23. The maximum Gasteiger partial charge on any atom is 0.296 e. The zero-order valence-electron chi connectivity index (χ0n) is 14.1. The number of fused-ring (bicyclic) bond motifs is 1. The molecule has 2 aromatic rings. The van der Waals surface area contributed by atoms with E-state index in [1.807, 2.05) is 0 Å². The average molecular weight is 349 g/mol. The van der Waals surface area contributed by atoms with Gasteiger partial charge in [0.05, 0.1) is 32.6 Å². The lowest BCUT2D eigenvalue weighted by molar-refractivity contribution is -0.131. The van der Waals surface area contributed by atoms with Crippen molar-refractivity contribution in [1.82, 2.24) is 24.6 Å². The van der Waals surface area contributed by atoms with E-state index in [9.17, 15) is 9.59 Å². The van der Waals surface area contributed by atoms with Gasteiger partial charge in [0.2, 0.25) is 17.5 Å². The van der Waals surface area contributed by atoms with Crippen molar-refractivity contribution in [3.8, 4) is 5.75 Å². The van der Waals surface area contributed by atoms with Gasteiger partial charge < -0.3 is 18.9 Å². The van der Waals surface area contributed by atoms with E-state index in [-0.39, 0.29) is 42.7 Å². The molecular formula is C15H19N5O5. The Morgan fingerprint density at radius 1 is 1.44 bits per heavy atom. The molecule has 0 bridgehead atoms. The highest BCUT2D eigenvalue weighted by Gasteiger charge is 2.24. The summed E-state index contributed by atoms with van der Waals surface area (Å²) in [6, 6.07) is 0. The first-order chi connectivity index (χ1) is 12.1. The van der Waals surface area contributed by atoms with Crippen LogP contribution >= 0.6 is 0 Å². The van der Waals surface area contributed by atoms with Gasteiger partial charge in [0.25, 0.3) is 5.56 Å². The molecule has 3 heterocycles. The SMILES string of the molecule is COCCn1cnc2c(c1=O)OCCN(C(=O)Cc1nc(C)no1)C2. The Balaban J connectivity index is 1.76. The quantitative estimate of drug-likeness (QED) is 0.713. The first-order valence-corrected chi connectivity index (χ1v) is 7.85. The summed E-state index contributed by atoms with van der Waals surface area (Å²) in [5.41, 5.74) is 0.162. The number of ether oxygens (including phenoxy) is 2. The predicted octanol–water partition coefficient (Wildman–Crippen LogP) is -0.455. The minimum absolute atomic E-state index is 0.00107. The minimum Gasteiger partial charge on any atom is -0.485 e. The van der Waals surface area contributed by atoms with Crippen LogP contribution < -0.4 is 10.3 Å². The molecule has 3 rings (SSSR count). The van der Waals surface area contributed by atoms with Gasteiger partial charge in [-0.25, -0.2) is 4.98 Å². The molecule has 25 heavy (non-hydrogen) atoms. The third kappa shape index (κ3) is 3.85. The number of hydrogen-bond acceptors (Lipinski definition) is 8. The molecule has 2 aromatic heterocycles. The van der Waals surface area contributed by atoms with E-state index >= 15 is 0 Å². The summed E-state index contributed by atoms with van der Waals surface area (Å²) in [5, 5.41) is 3.67. The van der Waals surface area contributed by atoms with Crippen LogP contribution in [-0.2, 0) is 29.0 Å². The van der Waals surface area contributed by atoms with Crippen molar-refractivity contribution >= 4 is 5.91 Å². The summed E-state index contributed by atoms with van der Waals surface area (Å²) in [7, 11) is 1.56. The van der Waals surface area contributed by atoms with Crippen molar-refractivity contribution in [3.63, 3.8) is 0 Å². The molecule has 0 fully saturated rings. The third-order valence-corrected chi connectivity index (χ3v) is 3.78. The van der Waals surface area contributed by atoms with Crippen LogP contribution in [0.25, 0.3) is 0 Å². The number of methoxy groups -OCH3 is 1. The van der Waals surface area contributed by atoms with Crippen LogP contribution in [0.5, 0.6) is 5.75 Å². The van der Waals surface area contributed by atoms with E-state index in [1.54, 1.807) is 18.9 Å². The number of hydrogen-bond donors (Lipinski definition) is 0. The minimum atomic E-state index is -0.274. The third-order valence-electron chi connectivity index (χ3n) is 3.78. The molecule has 0 N–H and O–H groups in total. The monoisotopic (exact) mass is 349 g/mol. The van der Waals surface area contributed by atoms with E-state index < -0.39 is 0 Å². The summed E-state index contributed by atoms with van der Waals surface area (Å²) < 4.78 is 16.9. The van der Waals surface area contributed by atoms with Crippen LogP contribution in [-0.4, -0.2) is 57.4 Å². The highest BCUT2D eigenvalue weighted by Crippen LogP contribution is 2.17. The number of carbonyl (C=O) groups excluding carboxylic acids is 1. The van der Waals surface area contributed by atoms with Gasteiger partial charge in [-0.3, -0.25) is 14.2 Å². The largest absolute Gasteiger partial charge is 0.485 e. The summed E-state index contributed by atoms with van der Waals surface area (Å²) in [4.78, 5) is 34.8. The second-order valence-corrected chi connectivity index (χ2v) is 5.59. The Labute approximate surface area is 143 Å². The Morgan fingerprint density at radius 2 is 2.28 bits per heavy atom. The Bertz CT molecular complexity index is 815. The van der Waals surface area contributed by atoms with Crippen molar-refractivity contribution < 1.29 is 18.8 Å². The van der Waals surface area contributed by atoms with Gasteiger partial charge >= 0.3 is 0 Å². The summed E-state index contributed by atoms with van der Waals surface area (Å²) >= 11 is 0. The van der Waals surface area contributed by atoms with Crippen molar-refractivity contribution in [1.29, 1.82) is 0 Å². The van der Waals surface area contributed by atoms with Crippen LogP contribution in [0.3, 0.4) is 0 Å². The molecule has 0 aromatic carbocycles. The Hall–Kier alpha value is -2.75. The average Bonchev–Trinajstić information content (AvgIpc) is 2.87. The first kappa shape index (κ1) is 17.1. The molecule has 1 amide bonds. The normalized spacial score (nSPS) is 13.9. The van der Waals surface area contributed by atoms with E-state index in [1.165, 1.54) is 10.9 Å². The van der Waals surface area contributed by atoms with Gasteiger partial charge in [0, 0.05) is 7.11 Å². The second-order valence-electron chi connectivity index (χ2n) is 5.59. The van der Waals surface area contributed by atoms with E-state index in [0.29, 0.717) is 31.2 Å². The highest BCUT2D eigenvalue weighted by molar-refractivity contribution is 5.77. The molecule has 1 aliphatic heterocycles. The Morgan fingerprint density at radius 3 is 3.00 bits per heavy atom. The van der Waals surface area contributed by atoms with Crippen molar-refractivity contribution in [3.05, 3.63) is 34.1 Å². The van der Waals surface area contributed by atoms with Gasteiger partial charge in [0.1, 0.15) is 18.7 Å². The molecule has 134 valence electrons. The summed E-state index contributed by atoms with van der Waals surface area (Å²) in [6.07, 6.45) is 1.44. The molecule has 0 saturated heterocycles. The predicted molar refractivity (Wildman–Crippen MR) is 84.0 cm³/mol. The lowest BCUT2D eigenvalue weighted by atomic mass is 10.3. The molecule has 10 heteroatoms. The van der Waals surface area contributed by atoms with Gasteiger partial charge in [0.15, 0.2) is 5.82 Å². The summed E-state index contributed by atoms with van der Waals surface area (Å²) in [5.74, 6) is 0.731. The molecule has 0 spiro atoms. The smallest absolute Gasteiger partial charge is 0.296 e. The molecule has 0 unspecified atom stereocenters. The fourth-order valence-corrected chi connectivity index (χ4v) is 2.49. The first-order valence-electron chi connectivity index (χ1n) is 7.85. The molecule has 0 saturated carbocycles. The number of amides is 1. The van der Waals surface area contributed by atoms with Crippen LogP contribution in [0.1, 0.15) is 17.4 Å². The van der Waals surface area contributed by atoms with Gasteiger partial charge in [-0.2, -0.15) is 4.98 Å².